The predicted octanol–water partition coefficient (Wildman–Crippen LogP) is 3.08. The molecule has 0 spiro atoms. The van der Waals surface area contributed by atoms with Crippen molar-refractivity contribution in [3.8, 4) is 0 Å². The maximum absolute atomic E-state index is 5.88. The summed E-state index contributed by atoms with van der Waals surface area (Å²) in [6.07, 6.45) is 1.16. The molecule has 3 rings (SSSR count). The average molecular weight is 258 g/mol. The van der Waals surface area contributed by atoms with Gasteiger partial charge in [-0.1, -0.05) is 18.2 Å². The molecule has 2 N–H and O–H groups in total. The largest absolute Gasteiger partial charge is 0.366 e. The smallest absolute Gasteiger partial charge is 0.0444 e. The lowest BCUT2D eigenvalue weighted by Gasteiger charge is -2.32. The Hall–Kier alpha value is -1.32. The molecule has 0 aliphatic carbocycles. The monoisotopic (exact) mass is 258 g/mol. The summed E-state index contributed by atoms with van der Waals surface area (Å²) >= 11 is 1.89. The molecule has 0 atom stereocenters. The fourth-order valence-corrected chi connectivity index (χ4v) is 3.67. The van der Waals surface area contributed by atoms with E-state index in [1.807, 2.05) is 11.3 Å². The van der Waals surface area contributed by atoms with Crippen LogP contribution in [0.1, 0.15) is 21.6 Å². The second-order valence-corrected chi connectivity index (χ2v) is 5.83. The van der Waals surface area contributed by atoms with E-state index in [9.17, 15) is 0 Å². The van der Waals surface area contributed by atoms with Gasteiger partial charge >= 0.3 is 0 Å². The van der Waals surface area contributed by atoms with Crippen LogP contribution < -0.4 is 10.6 Å². The van der Waals surface area contributed by atoms with Gasteiger partial charge in [0.25, 0.3) is 0 Å². The molecular weight excluding hydrogens is 240 g/mol. The second kappa shape index (κ2) is 4.75. The third-order valence-electron chi connectivity index (χ3n) is 3.67. The molecule has 1 aromatic carbocycles. The lowest BCUT2D eigenvalue weighted by atomic mass is 10.0. The van der Waals surface area contributed by atoms with Crippen LogP contribution >= 0.6 is 11.3 Å². The first-order valence-electron chi connectivity index (χ1n) is 6.38. The lowest BCUT2D eigenvalue weighted by Crippen LogP contribution is -2.31. The van der Waals surface area contributed by atoms with E-state index in [4.69, 9.17) is 5.73 Å². The Labute approximate surface area is 112 Å². The molecule has 2 nitrogen and oxygen atoms in total. The van der Waals surface area contributed by atoms with Crippen LogP contribution in [0.2, 0.25) is 0 Å². The Balaban J connectivity index is 1.97. The number of fused-ring (bicyclic) bond motifs is 1. The standard InChI is InChI=1S/C15H18N2S/c1-11-3-2-4-12(9-16)15(11)17-7-5-14-13(10-17)6-8-18-14/h2-4,6,8H,5,7,9-10,16H2,1H3. The number of rotatable bonds is 2. The Kier molecular flexibility index (Phi) is 3.10. The maximum atomic E-state index is 5.88. The number of hydrogen-bond donors (Lipinski definition) is 1. The van der Waals surface area contributed by atoms with E-state index >= 15 is 0 Å². The molecule has 2 heterocycles. The van der Waals surface area contributed by atoms with Crippen molar-refractivity contribution in [1.82, 2.24) is 0 Å². The first kappa shape index (κ1) is 11.8. The number of nitrogens with zero attached hydrogens (tertiary/aromatic N) is 1. The Morgan fingerprint density at radius 3 is 3.06 bits per heavy atom. The highest BCUT2D eigenvalue weighted by Gasteiger charge is 2.20. The Bertz CT molecular complexity index is 559. The van der Waals surface area contributed by atoms with E-state index in [0.717, 1.165) is 19.5 Å². The molecule has 0 unspecified atom stereocenters. The van der Waals surface area contributed by atoms with Crippen LogP contribution in [-0.4, -0.2) is 6.54 Å². The van der Waals surface area contributed by atoms with Crippen LogP contribution in [0.4, 0.5) is 5.69 Å². The van der Waals surface area contributed by atoms with Crippen LogP contribution in [0.25, 0.3) is 0 Å². The van der Waals surface area contributed by atoms with Crippen molar-refractivity contribution >= 4 is 17.0 Å². The molecule has 0 saturated carbocycles. The average Bonchev–Trinajstić information content (AvgIpc) is 2.85. The zero-order valence-electron chi connectivity index (χ0n) is 10.6. The van der Waals surface area contributed by atoms with Gasteiger partial charge in [0, 0.05) is 30.2 Å². The molecule has 0 radical (unpaired) electrons. The van der Waals surface area contributed by atoms with Gasteiger partial charge < -0.3 is 10.6 Å². The van der Waals surface area contributed by atoms with Gasteiger partial charge in [0.2, 0.25) is 0 Å². The highest BCUT2D eigenvalue weighted by atomic mass is 32.1. The van der Waals surface area contributed by atoms with E-state index in [2.05, 4.69) is 41.5 Å². The third-order valence-corrected chi connectivity index (χ3v) is 4.69. The summed E-state index contributed by atoms with van der Waals surface area (Å²) < 4.78 is 0. The van der Waals surface area contributed by atoms with Crippen LogP contribution in [-0.2, 0) is 19.5 Å². The molecule has 0 saturated heterocycles. The molecule has 2 aromatic rings. The Morgan fingerprint density at radius 2 is 2.22 bits per heavy atom. The van der Waals surface area contributed by atoms with Crippen molar-refractivity contribution in [3.63, 3.8) is 0 Å². The molecule has 0 bridgehead atoms. The predicted molar refractivity (Wildman–Crippen MR) is 78.1 cm³/mol. The Morgan fingerprint density at radius 1 is 1.33 bits per heavy atom. The van der Waals surface area contributed by atoms with Gasteiger partial charge in [0.05, 0.1) is 0 Å². The number of aryl methyl sites for hydroxylation is 1. The van der Waals surface area contributed by atoms with Crippen LogP contribution in [0.15, 0.2) is 29.6 Å². The van der Waals surface area contributed by atoms with Gasteiger partial charge in [-0.15, -0.1) is 11.3 Å². The second-order valence-electron chi connectivity index (χ2n) is 4.83. The van der Waals surface area contributed by atoms with Gasteiger partial charge in [-0.3, -0.25) is 0 Å². The molecule has 1 aliphatic rings. The number of para-hydroxylation sites is 1. The van der Waals surface area contributed by atoms with Crippen molar-refractivity contribution in [1.29, 1.82) is 0 Å². The maximum Gasteiger partial charge on any atom is 0.0444 e. The third kappa shape index (κ3) is 1.93. The van der Waals surface area contributed by atoms with Crippen LogP contribution in [0, 0.1) is 6.92 Å². The quantitative estimate of drug-likeness (QED) is 0.897. The summed E-state index contributed by atoms with van der Waals surface area (Å²) in [6, 6.07) is 8.68. The number of hydrogen-bond acceptors (Lipinski definition) is 3. The van der Waals surface area contributed by atoms with Crippen molar-refractivity contribution < 1.29 is 0 Å². The molecule has 1 aliphatic heterocycles. The molecule has 94 valence electrons. The van der Waals surface area contributed by atoms with Crippen molar-refractivity contribution in [3.05, 3.63) is 51.2 Å². The summed E-state index contributed by atoms with van der Waals surface area (Å²) in [6.45, 7) is 4.92. The number of nitrogens with two attached hydrogens (primary N) is 1. The van der Waals surface area contributed by atoms with E-state index in [-0.39, 0.29) is 0 Å². The fraction of sp³-hybridized carbons (Fsp3) is 0.333. The molecular formula is C15H18N2S. The topological polar surface area (TPSA) is 29.3 Å². The van der Waals surface area contributed by atoms with Gasteiger partial charge in [-0.05, 0) is 41.5 Å². The summed E-state index contributed by atoms with van der Waals surface area (Å²) in [5.41, 5.74) is 11.3. The first-order chi connectivity index (χ1) is 8.79. The van der Waals surface area contributed by atoms with Crippen molar-refractivity contribution in [2.75, 3.05) is 11.4 Å². The normalized spacial score (nSPS) is 14.7. The minimum Gasteiger partial charge on any atom is -0.366 e. The highest BCUT2D eigenvalue weighted by molar-refractivity contribution is 7.10. The summed E-state index contributed by atoms with van der Waals surface area (Å²) in [4.78, 5) is 4.03. The minimum atomic E-state index is 0.615. The fourth-order valence-electron chi connectivity index (χ4n) is 2.78. The highest BCUT2D eigenvalue weighted by Crippen LogP contribution is 2.31. The number of thiophene rings is 1. The summed E-state index contributed by atoms with van der Waals surface area (Å²) in [5.74, 6) is 0. The molecule has 0 amide bonds. The molecule has 3 heteroatoms. The van der Waals surface area contributed by atoms with Gasteiger partial charge in [0.15, 0.2) is 0 Å². The summed E-state index contributed by atoms with van der Waals surface area (Å²) in [5, 5.41) is 2.20. The van der Waals surface area contributed by atoms with E-state index in [1.165, 1.54) is 22.4 Å². The van der Waals surface area contributed by atoms with Crippen LogP contribution in [0.3, 0.4) is 0 Å². The van der Waals surface area contributed by atoms with Gasteiger partial charge in [-0.25, -0.2) is 0 Å². The van der Waals surface area contributed by atoms with Crippen molar-refractivity contribution in [2.24, 2.45) is 5.73 Å². The minimum absolute atomic E-state index is 0.615. The number of benzene rings is 1. The zero-order valence-corrected chi connectivity index (χ0v) is 11.5. The van der Waals surface area contributed by atoms with E-state index < -0.39 is 0 Å². The van der Waals surface area contributed by atoms with Gasteiger partial charge in [-0.2, -0.15) is 0 Å². The van der Waals surface area contributed by atoms with Gasteiger partial charge in [0.1, 0.15) is 0 Å². The van der Waals surface area contributed by atoms with Crippen LogP contribution in [0.5, 0.6) is 0 Å². The molecule has 0 fully saturated rings. The zero-order chi connectivity index (χ0) is 12.5. The van der Waals surface area contributed by atoms with E-state index in [0.29, 0.717) is 6.54 Å². The van der Waals surface area contributed by atoms with Crippen molar-refractivity contribution in [2.45, 2.75) is 26.4 Å². The SMILES string of the molecule is Cc1cccc(CN)c1N1CCc2sccc2C1. The number of anilines is 1. The first-order valence-corrected chi connectivity index (χ1v) is 7.26. The lowest BCUT2D eigenvalue weighted by molar-refractivity contribution is 0.736. The molecule has 18 heavy (non-hydrogen) atoms. The molecule has 1 aromatic heterocycles. The summed E-state index contributed by atoms with van der Waals surface area (Å²) in [7, 11) is 0. The van der Waals surface area contributed by atoms with E-state index in [1.54, 1.807) is 4.88 Å².